The van der Waals surface area contributed by atoms with Gasteiger partial charge in [0.25, 0.3) is 0 Å². The van der Waals surface area contributed by atoms with Crippen LogP contribution in [0.3, 0.4) is 0 Å². The number of hydrogen-bond acceptors (Lipinski definition) is 22. The molecule has 6 atom stereocenters. The number of nitrogens with one attached hydrogen (secondary N) is 10. The molecule has 0 aromatic heterocycles. The molecule has 141 heavy (non-hydrogen) atoms. The van der Waals surface area contributed by atoms with Crippen LogP contribution in [0.2, 0.25) is 0 Å². The normalized spacial score (nSPS) is 19.8. The van der Waals surface area contributed by atoms with Crippen molar-refractivity contribution < 1.29 is 47.4 Å². The number of benzene rings is 2. The summed E-state index contributed by atoms with van der Waals surface area (Å²) in [4.78, 5) is 11.8. The van der Waals surface area contributed by atoms with E-state index in [9.17, 15) is 4.79 Å². The van der Waals surface area contributed by atoms with Gasteiger partial charge in [-0.2, -0.15) is 11.8 Å². The Labute approximate surface area is 902 Å². The molecule has 1 aliphatic carbocycles. The molecule has 15 fully saturated rings. The Kier molecular flexibility index (Phi) is 250. The number of thioether (sulfide) groups is 2. The second-order valence-electron chi connectivity index (χ2n) is 27.4. The smallest absolute Gasteiger partial charge is 0.209 e. The van der Waals surface area contributed by atoms with Crippen molar-refractivity contribution in [1.82, 2.24) is 58.1 Å². The average molecular weight is 2070 g/mol. The maximum Gasteiger partial charge on any atom is 0.209 e. The molecule has 14 saturated heterocycles. The largest absolute Gasteiger partial charge is 0.486 e. The third-order valence-electron chi connectivity index (χ3n) is 19.2. The fourth-order valence-electron chi connectivity index (χ4n) is 13.2. The van der Waals surface area contributed by atoms with Crippen LogP contribution >= 0.6 is 23.5 Å². The van der Waals surface area contributed by atoms with E-state index < -0.39 is 0 Å². The van der Waals surface area contributed by atoms with Gasteiger partial charge in [-0.15, -0.1) is 11.8 Å². The lowest BCUT2D eigenvalue weighted by atomic mass is 9.82. The van der Waals surface area contributed by atoms with Crippen LogP contribution in [-0.4, -0.2) is 264 Å². The summed E-state index contributed by atoms with van der Waals surface area (Å²) in [6, 6.07) is 16.3. The molecule has 23 heteroatoms. The third-order valence-corrected chi connectivity index (χ3v) is 21.1. The molecule has 17 aliphatic rings. The Balaban J connectivity index is -0.0000000528. The molecule has 19 rings (SSSR count). The van der Waals surface area contributed by atoms with Crippen molar-refractivity contribution in [2.24, 2.45) is 23.7 Å². The molecule has 0 radical (unpaired) electrons. The summed E-state index contributed by atoms with van der Waals surface area (Å²) in [7, 11) is 0. The Hall–Kier alpha value is -2.47. The van der Waals surface area contributed by atoms with Crippen molar-refractivity contribution >= 4 is 29.9 Å². The molecule has 16 heterocycles. The van der Waals surface area contributed by atoms with E-state index in [1.807, 2.05) is 242 Å². The number of morpholine rings is 1. The highest BCUT2D eigenvalue weighted by atomic mass is 32.2. The molecular weight excluding hydrogens is 1800 g/mol. The van der Waals surface area contributed by atoms with Crippen molar-refractivity contribution in [3.8, 4) is 11.5 Å². The SMILES string of the molecule is C.C.C.C.C.C.C.C.C.C.C.C.C.C1CC2OC1C1CNCC21.C1CCCNCC1.C1CCCOCC1.C1CCNCC1.C1CCOCC1.C1CNCCN1.C1COCCN1.C1COCOC1.C1COCSC1.C1CSCCN1.C1NCC2CC12.CC.CC.CC.CC.CC.CC.CC.CC.CC.CC.CC.CC.CC.CC.O=CN1CCNCC1.c1ccc2c(c1)CCNC2.c1ccc2c(c1)OCCO2. The number of fused-ring (bicyclic) bond motifs is 8. The lowest BCUT2D eigenvalue weighted by molar-refractivity contribution is -0.118. The zero-order chi connectivity index (χ0) is 97.6. The topological polar surface area (TPSA) is 224 Å². The maximum absolute atomic E-state index is 10.1. The van der Waals surface area contributed by atoms with Crippen molar-refractivity contribution in [1.29, 1.82) is 0 Å². The first kappa shape index (κ1) is 193. The summed E-state index contributed by atoms with van der Waals surface area (Å²) >= 11 is 3.91. The zero-order valence-corrected chi connectivity index (χ0v) is 91.7. The number of piperidine rings is 2. The van der Waals surface area contributed by atoms with Crippen LogP contribution in [0.25, 0.3) is 0 Å². The standard InChI is InChI=1S/C9H11N.C8H13NO.C8H8O2.C6H13N.C6H12O.C5H10N2O.C5H9N.C5H11N.C5H10O.C4H10N2.C4H9NO.C4H9NS.C4H8O2.C4H8OS.14C2H6.13CH4/c1-2-4-9-7-10-6-5-8(9)3-1;1-2-8-6-4-9-3-5(6)7(1)10-8;1-2-4-8-7(3-1)9-5-6-10-8;2*1-2-4-6-7-5-3-1;8-5-7-3-1-6-2-4-7;1-4-2-6-3-5(1)4;2*1-2-4-6-5-3-1;1-2-6-4-3-5-1;2*1-3-6-4-2-5-1;2*1-2-5-4-6-3-1;14*1-2;;;;;;;;;;;;;/h1-4,10H,5-7H2;5-9H,1-4H2;1-4H,5-6H2;7H,1-6H2;1-6H2;5-6H,1-4H2;4-6H,1-3H2;6H,1-5H2;1-5H2;5-6H,1-4H2;2*5H,1-4H2;2*1-4H2;14*1-2H3;13*1H4. The van der Waals surface area contributed by atoms with Gasteiger partial charge >= 0.3 is 0 Å². The monoisotopic (exact) mass is 2070 g/mol. The zero-order valence-electron chi connectivity index (χ0n) is 90.0. The fraction of sp³-hybridized carbons (Fsp3) is 0.890. The van der Waals surface area contributed by atoms with Gasteiger partial charge in [0, 0.05) is 155 Å². The number of para-hydroxylation sites is 2. The fourth-order valence-corrected chi connectivity index (χ4v) is 14.6. The van der Waals surface area contributed by atoms with Crippen LogP contribution in [0.5, 0.6) is 11.5 Å². The molecule has 2 bridgehead atoms. The number of amides is 1. The van der Waals surface area contributed by atoms with E-state index in [1.54, 1.807) is 4.90 Å². The lowest BCUT2D eigenvalue weighted by Crippen LogP contribution is -2.42. The molecular formula is C118H277N11O10S2. The van der Waals surface area contributed by atoms with Gasteiger partial charge in [-0.05, 0) is 183 Å². The second kappa shape index (κ2) is 182. The molecule has 1 amide bonds. The summed E-state index contributed by atoms with van der Waals surface area (Å²) in [5.74, 6) is 10.5. The lowest BCUT2D eigenvalue weighted by Gasteiger charge is -2.22. The highest BCUT2D eigenvalue weighted by molar-refractivity contribution is 7.99. The van der Waals surface area contributed by atoms with Crippen LogP contribution in [-0.2, 0) is 50.9 Å². The Morgan fingerprint density at radius 1 is 0.284 bits per heavy atom. The van der Waals surface area contributed by atoms with E-state index in [1.165, 1.54) is 216 Å². The molecule has 16 aliphatic heterocycles. The number of carbonyl (C=O) groups excluding carboxylic acids is 1. The Bertz CT molecular complexity index is 1780. The molecule has 10 N–H and O–H groups in total. The highest BCUT2D eigenvalue weighted by Crippen LogP contribution is 2.45. The molecule has 2 aromatic rings. The van der Waals surface area contributed by atoms with Crippen LogP contribution in [0.4, 0.5) is 0 Å². The third kappa shape index (κ3) is 132. The van der Waals surface area contributed by atoms with E-state index in [2.05, 4.69) is 77.4 Å². The number of carbonyl (C=O) groups is 1. The van der Waals surface area contributed by atoms with Crippen LogP contribution < -0.4 is 62.6 Å². The summed E-state index contributed by atoms with van der Waals surface area (Å²) in [5.41, 5.74) is 2.98. The maximum atomic E-state index is 10.1. The molecule has 2 aromatic carbocycles. The first-order valence-corrected chi connectivity index (χ1v) is 56.0. The minimum atomic E-state index is 0. The number of rotatable bonds is 1. The summed E-state index contributed by atoms with van der Waals surface area (Å²) in [6.45, 7) is 91.2. The van der Waals surface area contributed by atoms with Gasteiger partial charge in [0.15, 0.2) is 11.5 Å². The number of ether oxygens (including phenoxy) is 9. The van der Waals surface area contributed by atoms with Gasteiger partial charge in [-0.1, -0.05) is 359 Å². The summed E-state index contributed by atoms with van der Waals surface area (Å²) < 4.78 is 46.4. The quantitative estimate of drug-likeness (QED) is 0.120. The van der Waals surface area contributed by atoms with E-state index in [0.717, 1.165) is 192 Å². The van der Waals surface area contributed by atoms with Gasteiger partial charge in [0.05, 0.1) is 44.6 Å². The molecule has 21 nitrogen and oxygen atoms in total. The molecule has 0 spiro atoms. The summed E-state index contributed by atoms with van der Waals surface area (Å²) in [5, 5.41) is 32.8. The first-order chi connectivity index (χ1) is 63.8. The minimum Gasteiger partial charge on any atom is -0.486 e. The van der Waals surface area contributed by atoms with Crippen LogP contribution in [0, 0.1) is 23.7 Å². The Morgan fingerprint density at radius 2 is 0.610 bits per heavy atom. The second-order valence-corrected chi connectivity index (χ2v) is 29.7. The van der Waals surface area contributed by atoms with Crippen LogP contribution in [0.1, 0.15) is 424 Å². The van der Waals surface area contributed by atoms with E-state index in [0.29, 0.717) is 32.2 Å². The van der Waals surface area contributed by atoms with Crippen molar-refractivity contribution in [2.45, 2.75) is 438 Å². The van der Waals surface area contributed by atoms with Gasteiger partial charge in [-0.3, -0.25) is 4.79 Å². The van der Waals surface area contributed by atoms with Crippen molar-refractivity contribution in [3.63, 3.8) is 0 Å². The van der Waals surface area contributed by atoms with Gasteiger partial charge < -0.3 is 101 Å². The van der Waals surface area contributed by atoms with Gasteiger partial charge in [-0.25, -0.2) is 0 Å². The average Bonchev–Trinajstić information content (AvgIpc) is 1.62. The summed E-state index contributed by atoms with van der Waals surface area (Å²) in [6.07, 6.45) is 28.9. The van der Waals surface area contributed by atoms with Crippen LogP contribution in [0.15, 0.2) is 48.5 Å². The molecule has 1 saturated carbocycles. The number of hydrogen-bond donors (Lipinski definition) is 10. The van der Waals surface area contributed by atoms with Crippen molar-refractivity contribution in [2.75, 3.05) is 240 Å². The Morgan fingerprint density at radius 3 is 0.865 bits per heavy atom. The number of nitrogens with zero attached hydrogens (tertiary/aromatic N) is 1. The minimum absolute atomic E-state index is 0. The van der Waals surface area contributed by atoms with Gasteiger partial charge in [0.2, 0.25) is 6.41 Å². The molecule has 6 unspecified atom stereocenters. The highest BCUT2D eigenvalue weighted by Gasteiger charge is 2.50. The predicted octanol–water partition coefficient (Wildman–Crippen LogP) is 30.3. The van der Waals surface area contributed by atoms with E-state index >= 15 is 0 Å². The van der Waals surface area contributed by atoms with Crippen molar-refractivity contribution in [3.05, 3.63) is 59.7 Å². The van der Waals surface area contributed by atoms with E-state index in [4.69, 9.17) is 42.6 Å². The number of piperazine rings is 2. The first-order valence-electron chi connectivity index (χ1n) is 53.7. The van der Waals surface area contributed by atoms with Gasteiger partial charge in [0.1, 0.15) is 20.0 Å². The predicted molar refractivity (Wildman–Crippen MR) is 659 cm³/mol. The molecule has 876 valence electrons. The van der Waals surface area contributed by atoms with E-state index in [-0.39, 0.29) is 96.5 Å².